The van der Waals surface area contributed by atoms with E-state index in [1.807, 2.05) is 0 Å². The molecule has 0 fully saturated rings. The van der Waals surface area contributed by atoms with E-state index in [0.717, 1.165) is 12.1 Å². The molecule has 16 heavy (non-hydrogen) atoms. The van der Waals surface area contributed by atoms with Crippen LogP contribution in [0.4, 0.5) is 13.2 Å². The molecule has 1 N–H and O–H groups in total. The van der Waals surface area contributed by atoms with Gasteiger partial charge in [0.05, 0.1) is 5.56 Å². The lowest BCUT2D eigenvalue weighted by atomic mass is 10.1. The van der Waals surface area contributed by atoms with E-state index in [0.29, 0.717) is 6.29 Å². The number of halogens is 3. The summed E-state index contributed by atoms with van der Waals surface area (Å²) in [5.41, 5.74) is -0.984. The normalized spacial score (nSPS) is 10.5. The van der Waals surface area contributed by atoms with Crippen LogP contribution in [0.1, 0.15) is 21.5 Å². The molecule has 0 spiro atoms. The fourth-order valence-electron chi connectivity index (χ4n) is 1.10. The van der Waals surface area contributed by atoms with Crippen molar-refractivity contribution in [2.24, 2.45) is 0 Å². The summed E-state index contributed by atoms with van der Waals surface area (Å²) < 4.78 is 37.2. The number of carbonyl (C=O) groups excluding carboxylic acids is 1. The Morgan fingerprint density at radius 3 is 2.50 bits per heavy atom. The molecule has 0 amide bonds. The highest BCUT2D eigenvalue weighted by Crippen LogP contribution is 2.30. The summed E-state index contributed by atoms with van der Waals surface area (Å²) in [5.74, 6) is 4.54. The molecular weight excluding hydrogens is 221 g/mol. The number of aliphatic hydroxyl groups excluding tert-OH is 1. The van der Waals surface area contributed by atoms with Crippen LogP contribution in [0.2, 0.25) is 0 Å². The molecule has 0 saturated heterocycles. The zero-order valence-corrected chi connectivity index (χ0v) is 8.01. The molecule has 0 atom stereocenters. The third-order valence-electron chi connectivity index (χ3n) is 1.73. The average molecular weight is 228 g/mol. The van der Waals surface area contributed by atoms with E-state index >= 15 is 0 Å². The fourth-order valence-corrected chi connectivity index (χ4v) is 1.10. The van der Waals surface area contributed by atoms with Gasteiger partial charge >= 0.3 is 6.18 Å². The van der Waals surface area contributed by atoms with Gasteiger partial charge < -0.3 is 5.11 Å². The second kappa shape index (κ2) is 4.81. The highest BCUT2D eigenvalue weighted by Gasteiger charge is 2.31. The highest BCUT2D eigenvalue weighted by molar-refractivity contribution is 5.76. The fraction of sp³-hybridized carbons (Fsp3) is 0.182. The molecule has 0 heterocycles. The Morgan fingerprint density at radius 1 is 1.31 bits per heavy atom. The molecule has 0 radical (unpaired) electrons. The van der Waals surface area contributed by atoms with Gasteiger partial charge in [-0.2, -0.15) is 13.2 Å². The number of hydrogen-bond acceptors (Lipinski definition) is 2. The maximum atomic E-state index is 12.4. The standard InChI is InChI=1S/C11H7F3O2/c12-11(13,14)10-5-8(2-1-3-15)4-9(6-10)7-16/h4-7,15H,3H2. The van der Waals surface area contributed by atoms with Crippen molar-refractivity contribution < 1.29 is 23.1 Å². The lowest BCUT2D eigenvalue weighted by molar-refractivity contribution is -0.137. The summed E-state index contributed by atoms with van der Waals surface area (Å²) >= 11 is 0. The minimum Gasteiger partial charge on any atom is -0.384 e. The Labute approximate surface area is 89.7 Å². The third-order valence-corrected chi connectivity index (χ3v) is 1.73. The van der Waals surface area contributed by atoms with Crippen LogP contribution < -0.4 is 0 Å². The van der Waals surface area contributed by atoms with Gasteiger partial charge in [-0.05, 0) is 18.2 Å². The van der Waals surface area contributed by atoms with Crippen LogP contribution in [0.3, 0.4) is 0 Å². The van der Waals surface area contributed by atoms with Gasteiger partial charge in [-0.25, -0.2) is 0 Å². The summed E-state index contributed by atoms with van der Waals surface area (Å²) in [7, 11) is 0. The first-order valence-electron chi connectivity index (χ1n) is 4.24. The first-order valence-corrected chi connectivity index (χ1v) is 4.24. The first kappa shape index (κ1) is 12.3. The van der Waals surface area contributed by atoms with Gasteiger partial charge in [0.15, 0.2) is 0 Å². The van der Waals surface area contributed by atoms with Crippen molar-refractivity contribution in [2.75, 3.05) is 6.61 Å². The molecule has 0 aliphatic rings. The Hall–Kier alpha value is -1.80. The van der Waals surface area contributed by atoms with Gasteiger partial charge in [-0.3, -0.25) is 4.79 Å². The molecule has 0 aliphatic carbocycles. The summed E-state index contributed by atoms with van der Waals surface area (Å²) in [6.07, 6.45) is -4.20. The van der Waals surface area contributed by atoms with Crippen LogP contribution in [0.5, 0.6) is 0 Å². The monoisotopic (exact) mass is 228 g/mol. The van der Waals surface area contributed by atoms with Crippen molar-refractivity contribution in [1.29, 1.82) is 0 Å². The van der Waals surface area contributed by atoms with Crippen LogP contribution in [-0.4, -0.2) is 18.0 Å². The molecule has 0 saturated carbocycles. The molecule has 84 valence electrons. The number of hydrogen-bond donors (Lipinski definition) is 1. The number of alkyl halides is 3. The molecule has 1 aromatic rings. The largest absolute Gasteiger partial charge is 0.416 e. The number of rotatable bonds is 1. The molecule has 0 aromatic heterocycles. The second-order valence-corrected chi connectivity index (χ2v) is 2.92. The van der Waals surface area contributed by atoms with E-state index in [1.165, 1.54) is 6.07 Å². The van der Waals surface area contributed by atoms with E-state index < -0.39 is 18.3 Å². The van der Waals surface area contributed by atoms with Crippen molar-refractivity contribution >= 4 is 6.29 Å². The van der Waals surface area contributed by atoms with Gasteiger partial charge in [0.2, 0.25) is 0 Å². The number of benzene rings is 1. The minimum atomic E-state index is -4.52. The van der Waals surface area contributed by atoms with E-state index in [9.17, 15) is 18.0 Å². The Bertz CT molecular complexity index is 453. The number of carbonyl (C=O) groups is 1. The Kier molecular flexibility index (Phi) is 3.69. The zero-order chi connectivity index (χ0) is 12.2. The van der Waals surface area contributed by atoms with Gasteiger partial charge in [-0.1, -0.05) is 11.8 Å². The summed E-state index contributed by atoms with van der Waals surface area (Å²) in [5, 5.41) is 8.42. The van der Waals surface area contributed by atoms with Gasteiger partial charge in [0.1, 0.15) is 12.9 Å². The molecule has 0 bridgehead atoms. The molecule has 1 rings (SSSR count). The molecular formula is C11H7F3O2. The summed E-state index contributed by atoms with van der Waals surface area (Å²) in [6, 6.07) is 2.80. The van der Waals surface area contributed by atoms with Crippen LogP contribution >= 0.6 is 0 Å². The predicted molar refractivity (Wildman–Crippen MR) is 50.8 cm³/mol. The van der Waals surface area contributed by atoms with Gasteiger partial charge in [-0.15, -0.1) is 0 Å². The lowest BCUT2D eigenvalue weighted by Crippen LogP contribution is -2.06. The molecule has 1 aromatic carbocycles. The minimum absolute atomic E-state index is 0.0472. The Balaban J connectivity index is 3.26. The third kappa shape index (κ3) is 3.11. The van der Waals surface area contributed by atoms with Crippen molar-refractivity contribution in [3.8, 4) is 11.8 Å². The van der Waals surface area contributed by atoms with Gasteiger partial charge in [0.25, 0.3) is 0 Å². The topological polar surface area (TPSA) is 37.3 Å². The molecule has 5 heteroatoms. The SMILES string of the molecule is O=Cc1cc(C#CCO)cc(C(F)(F)F)c1. The number of aldehydes is 1. The number of aliphatic hydroxyl groups is 1. The van der Waals surface area contributed by atoms with E-state index in [1.54, 1.807) is 0 Å². The smallest absolute Gasteiger partial charge is 0.384 e. The first-order chi connectivity index (χ1) is 7.47. The lowest BCUT2D eigenvalue weighted by Gasteiger charge is -2.07. The van der Waals surface area contributed by atoms with E-state index in [-0.39, 0.29) is 11.1 Å². The van der Waals surface area contributed by atoms with Crippen LogP contribution in [0.25, 0.3) is 0 Å². The van der Waals surface area contributed by atoms with Crippen molar-refractivity contribution in [3.63, 3.8) is 0 Å². The van der Waals surface area contributed by atoms with E-state index in [2.05, 4.69) is 11.8 Å². The Morgan fingerprint density at radius 2 is 2.00 bits per heavy atom. The van der Waals surface area contributed by atoms with E-state index in [4.69, 9.17) is 5.11 Å². The van der Waals surface area contributed by atoms with Crippen LogP contribution in [0.15, 0.2) is 18.2 Å². The summed E-state index contributed by atoms with van der Waals surface area (Å²) in [4.78, 5) is 10.4. The quantitative estimate of drug-likeness (QED) is 0.588. The van der Waals surface area contributed by atoms with Crippen LogP contribution in [-0.2, 0) is 6.18 Å². The zero-order valence-electron chi connectivity index (χ0n) is 8.01. The molecule has 0 unspecified atom stereocenters. The summed E-state index contributed by atoms with van der Waals surface area (Å²) in [6.45, 7) is -0.452. The highest BCUT2D eigenvalue weighted by atomic mass is 19.4. The van der Waals surface area contributed by atoms with Crippen molar-refractivity contribution in [1.82, 2.24) is 0 Å². The predicted octanol–water partition coefficient (Wildman–Crippen LogP) is 1.86. The maximum Gasteiger partial charge on any atom is 0.416 e. The molecule has 2 nitrogen and oxygen atoms in total. The maximum absolute atomic E-state index is 12.4. The average Bonchev–Trinajstić information content (AvgIpc) is 2.24. The van der Waals surface area contributed by atoms with Crippen molar-refractivity contribution in [3.05, 3.63) is 34.9 Å². The second-order valence-electron chi connectivity index (χ2n) is 2.92. The van der Waals surface area contributed by atoms with Crippen LogP contribution in [0, 0.1) is 11.8 Å². The molecule has 0 aliphatic heterocycles. The van der Waals surface area contributed by atoms with Crippen molar-refractivity contribution in [2.45, 2.75) is 6.18 Å². The van der Waals surface area contributed by atoms with Gasteiger partial charge in [0, 0.05) is 11.1 Å².